The Morgan fingerprint density at radius 1 is 0.333 bits per heavy atom. The first-order valence-corrected chi connectivity index (χ1v) is 20.3. The largest absolute Gasteiger partial charge is 0.456 e. The van der Waals surface area contributed by atoms with Gasteiger partial charge in [0.15, 0.2) is 17.5 Å². The maximum atomic E-state index is 6.69. The number of benzene rings is 10. The monoisotopic (exact) mass is 764 g/mol. The molecular formula is C55H32N4O. The second-order valence-electron chi connectivity index (χ2n) is 15.6. The Bertz CT molecular complexity index is 3820. The fraction of sp³-hybridized carbons (Fsp3) is 0. The summed E-state index contributed by atoms with van der Waals surface area (Å²) >= 11 is 0. The minimum atomic E-state index is 0.583. The predicted molar refractivity (Wildman–Crippen MR) is 248 cm³/mol. The topological polar surface area (TPSA) is 56.7 Å². The summed E-state index contributed by atoms with van der Waals surface area (Å²) in [6.45, 7) is 0. The van der Waals surface area contributed by atoms with Gasteiger partial charge in [-0.2, -0.15) is 0 Å². The predicted octanol–water partition coefficient (Wildman–Crippen LogP) is 14.5. The van der Waals surface area contributed by atoms with Crippen molar-refractivity contribution in [1.82, 2.24) is 19.5 Å². The highest BCUT2D eigenvalue weighted by Crippen LogP contribution is 2.42. The Kier molecular flexibility index (Phi) is 6.95. The van der Waals surface area contributed by atoms with Crippen LogP contribution in [0.3, 0.4) is 0 Å². The van der Waals surface area contributed by atoms with E-state index in [0.29, 0.717) is 17.5 Å². The molecule has 278 valence electrons. The lowest BCUT2D eigenvalue weighted by atomic mass is 9.97. The quantitative estimate of drug-likeness (QED) is 0.179. The van der Waals surface area contributed by atoms with E-state index in [2.05, 4.69) is 187 Å². The molecule has 3 aromatic heterocycles. The van der Waals surface area contributed by atoms with Crippen LogP contribution in [0.2, 0.25) is 0 Å². The number of hydrogen-bond donors (Lipinski definition) is 0. The van der Waals surface area contributed by atoms with Crippen molar-refractivity contribution in [2.24, 2.45) is 0 Å². The van der Waals surface area contributed by atoms with E-state index in [-0.39, 0.29) is 0 Å². The third kappa shape index (κ3) is 5.03. The average Bonchev–Trinajstić information content (AvgIpc) is 3.85. The molecule has 13 aromatic rings. The van der Waals surface area contributed by atoms with Crippen LogP contribution in [0, 0.1) is 0 Å². The van der Waals surface area contributed by atoms with E-state index in [1.807, 2.05) is 12.1 Å². The molecule has 13 rings (SSSR count). The molecule has 0 amide bonds. The maximum Gasteiger partial charge on any atom is 0.164 e. The van der Waals surface area contributed by atoms with Crippen LogP contribution < -0.4 is 0 Å². The summed E-state index contributed by atoms with van der Waals surface area (Å²) in [5, 5.41) is 13.7. The Balaban J connectivity index is 1.10. The van der Waals surface area contributed by atoms with Gasteiger partial charge in [0.2, 0.25) is 0 Å². The molecule has 0 spiro atoms. The molecule has 0 bridgehead atoms. The summed E-state index contributed by atoms with van der Waals surface area (Å²) in [4.78, 5) is 15.8. The van der Waals surface area contributed by atoms with Crippen molar-refractivity contribution in [3.05, 3.63) is 194 Å². The molecule has 5 heteroatoms. The molecule has 0 saturated carbocycles. The number of fused-ring (bicyclic) bond motifs is 11. The first-order chi connectivity index (χ1) is 29.7. The van der Waals surface area contributed by atoms with Gasteiger partial charge in [-0.15, -0.1) is 0 Å². The van der Waals surface area contributed by atoms with Crippen molar-refractivity contribution in [3.63, 3.8) is 0 Å². The standard InChI is InChI=1S/C55H32N4O/c1-3-13-35-27-39(23-21-33(35)11-1)53-56-54(40-24-22-34-12-2-4-14-36(34)28-40)58-55(57-53)47-32-51-52(44-18-8-10-20-50(44)60-51)46-31-41(25-26-42(46)47)59-48-19-9-7-17-43(48)45-29-37-15-5-6-16-38(37)30-49(45)59/h1-32H. The SMILES string of the molecule is c1ccc2cc(-c3nc(-c4ccc5ccccc5c4)nc(-c4cc5oc6ccccc6c5c5cc(-n6c7ccccc7c7cc8ccccc8cc76)ccc45)n3)ccc2c1. The lowest BCUT2D eigenvalue weighted by Crippen LogP contribution is -2.01. The van der Waals surface area contributed by atoms with Gasteiger partial charge in [0.05, 0.1) is 11.0 Å². The van der Waals surface area contributed by atoms with Crippen LogP contribution in [0.4, 0.5) is 0 Å². The van der Waals surface area contributed by atoms with E-state index < -0.39 is 0 Å². The minimum absolute atomic E-state index is 0.583. The third-order valence-electron chi connectivity index (χ3n) is 12.2. The molecule has 0 N–H and O–H groups in total. The summed E-state index contributed by atoms with van der Waals surface area (Å²) in [6, 6.07) is 68.7. The smallest absolute Gasteiger partial charge is 0.164 e. The fourth-order valence-corrected chi connectivity index (χ4v) is 9.30. The van der Waals surface area contributed by atoms with Gasteiger partial charge in [-0.1, -0.05) is 140 Å². The Morgan fingerprint density at radius 2 is 0.900 bits per heavy atom. The summed E-state index contributed by atoms with van der Waals surface area (Å²) < 4.78 is 9.09. The number of hydrogen-bond acceptors (Lipinski definition) is 4. The van der Waals surface area contributed by atoms with Crippen molar-refractivity contribution in [2.75, 3.05) is 0 Å². The molecular weight excluding hydrogens is 733 g/mol. The first kappa shape index (κ1) is 32.9. The highest BCUT2D eigenvalue weighted by Gasteiger charge is 2.21. The van der Waals surface area contributed by atoms with Gasteiger partial charge >= 0.3 is 0 Å². The van der Waals surface area contributed by atoms with Crippen molar-refractivity contribution in [1.29, 1.82) is 0 Å². The van der Waals surface area contributed by atoms with Gasteiger partial charge < -0.3 is 8.98 Å². The number of nitrogens with zero attached hydrogens (tertiary/aromatic N) is 4. The Hall–Kier alpha value is -8.15. The van der Waals surface area contributed by atoms with E-state index in [0.717, 1.165) is 76.9 Å². The number of rotatable bonds is 4. The van der Waals surface area contributed by atoms with Gasteiger partial charge in [0.25, 0.3) is 0 Å². The molecule has 3 heterocycles. The Labute approximate surface area is 343 Å². The molecule has 0 radical (unpaired) electrons. The molecule has 0 saturated heterocycles. The van der Waals surface area contributed by atoms with Gasteiger partial charge in [0.1, 0.15) is 11.2 Å². The highest BCUT2D eigenvalue weighted by molar-refractivity contribution is 6.22. The third-order valence-corrected chi connectivity index (χ3v) is 12.2. The van der Waals surface area contributed by atoms with E-state index in [1.165, 1.54) is 32.3 Å². The van der Waals surface area contributed by atoms with Gasteiger partial charge in [-0.05, 0) is 97.7 Å². The zero-order valence-corrected chi connectivity index (χ0v) is 32.2. The zero-order chi connectivity index (χ0) is 39.3. The van der Waals surface area contributed by atoms with E-state index in [9.17, 15) is 0 Å². The first-order valence-electron chi connectivity index (χ1n) is 20.3. The summed E-state index contributed by atoms with van der Waals surface area (Å²) in [5.41, 5.74) is 7.73. The summed E-state index contributed by atoms with van der Waals surface area (Å²) in [5.74, 6) is 1.81. The zero-order valence-electron chi connectivity index (χ0n) is 32.2. The van der Waals surface area contributed by atoms with Crippen molar-refractivity contribution in [3.8, 4) is 39.9 Å². The number of furan rings is 1. The van der Waals surface area contributed by atoms with Gasteiger partial charge in [0, 0.05) is 43.9 Å². The van der Waals surface area contributed by atoms with Gasteiger partial charge in [-0.25, -0.2) is 15.0 Å². The summed E-state index contributed by atoms with van der Waals surface area (Å²) in [7, 11) is 0. The molecule has 5 nitrogen and oxygen atoms in total. The van der Waals surface area contributed by atoms with Crippen LogP contribution >= 0.6 is 0 Å². The molecule has 0 atom stereocenters. The summed E-state index contributed by atoms with van der Waals surface area (Å²) in [6.07, 6.45) is 0. The van der Waals surface area contributed by atoms with Crippen LogP contribution in [0.25, 0.3) is 127 Å². The molecule has 60 heavy (non-hydrogen) atoms. The highest BCUT2D eigenvalue weighted by atomic mass is 16.3. The van der Waals surface area contributed by atoms with Crippen LogP contribution in [0.1, 0.15) is 0 Å². The lowest BCUT2D eigenvalue weighted by Gasteiger charge is -2.14. The molecule has 0 fully saturated rings. The van der Waals surface area contributed by atoms with E-state index >= 15 is 0 Å². The maximum absolute atomic E-state index is 6.69. The average molecular weight is 765 g/mol. The fourth-order valence-electron chi connectivity index (χ4n) is 9.30. The number of para-hydroxylation sites is 2. The van der Waals surface area contributed by atoms with Crippen LogP contribution in [0.5, 0.6) is 0 Å². The molecule has 0 aliphatic carbocycles. The van der Waals surface area contributed by atoms with E-state index in [4.69, 9.17) is 19.4 Å². The second-order valence-corrected chi connectivity index (χ2v) is 15.6. The lowest BCUT2D eigenvalue weighted by molar-refractivity contribution is 0.669. The molecule has 0 unspecified atom stereocenters. The Morgan fingerprint density at radius 3 is 1.60 bits per heavy atom. The second kappa shape index (κ2) is 12.7. The van der Waals surface area contributed by atoms with Gasteiger partial charge in [-0.3, -0.25) is 0 Å². The minimum Gasteiger partial charge on any atom is -0.456 e. The van der Waals surface area contributed by atoms with Crippen molar-refractivity contribution >= 4 is 86.8 Å². The van der Waals surface area contributed by atoms with Crippen LogP contribution in [0.15, 0.2) is 199 Å². The molecule has 10 aromatic carbocycles. The normalized spacial score (nSPS) is 12.0. The van der Waals surface area contributed by atoms with Crippen LogP contribution in [-0.4, -0.2) is 19.5 Å². The van der Waals surface area contributed by atoms with E-state index in [1.54, 1.807) is 0 Å². The van der Waals surface area contributed by atoms with Crippen molar-refractivity contribution < 1.29 is 4.42 Å². The molecule has 0 aliphatic rings. The van der Waals surface area contributed by atoms with Crippen LogP contribution in [-0.2, 0) is 0 Å². The number of aromatic nitrogens is 4. The van der Waals surface area contributed by atoms with Crippen molar-refractivity contribution in [2.45, 2.75) is 0 Å². The molecule has 0 aliphatic heterocycles.